The summed E-state index contributed by atoms with van der Waals surface area (Å²) < 4.78 is 18.1. The number of fused-ring (bicyclic) bond motifs is 1. The van der Waals surface area contributed by atoms with Crippen molar-refractivity contribution < 1.29 is 18.8 Å². The van der Waals surface area contributed by atoms with Gasteiger partial charge in [-0.25, -0.2) is 9.78 Å². The monoisotopic (exact) mass is 456 g/mol. The highest BCUT2D eigenvalue weighted by atomic mass is 32.2. The zero-order valence-electron chi connectivity index (χ0n) is 18.0. The van der Waals surface area contributed by atoms with Gasteiger partial charge >= 0.3 is 5.97 Å². The molecule has 2 fully saturated rings. The Bertz CT molecular complexity index is 1030. The number of hydrogen-bond donors (Lipinski definition) is 2. The SMILES string of the molecule is O=C(O)c1cccc(C2CCN(c3nc4c(c(NC5CCOCC5)n3)S(=O)CC4)CC2)c1. The maximum Gasteiger partial charge on any atom is 0.335 e. The van der Waals surface area contributed by atoms with Crippen molar-refractivity contribution >= 4 is 28.5 Å². The molecule has 1 aromatic heterocycles. The number of nitrogens with one attached hydrogen (secondary N) is 1. The maximum atomic E-state index is 12.6. The van der Waals surface area contributed by atoms with Gasteiger partial charge in [-0.3, -0.25) is 4.21 Å². The van der Waals surface area contributed by atoms with E-state index in [2.05, 4.69) is 10.2 Å². The smallest absolute Gasteiger partial charge is 0.335 e. The van der Waals surface area contributed by atoms with Crippen LogP contribution in [-0.4, -0.2) is 63.4 Å². The molecule has 1 unspecified atom stereocenters. The van der Waals surface area contributed by atoms with Crippen molar-refractivity contribution in [3.05, 3.63) is 41.1 Å². The quantitative estimate of drug-likeness (QED) is 0.708. The van der Waals surface area contributed by atoms with Crippen LogP contribution < -0.4 is 10.2 Å². The second-order valence-corrected chi connectivity index (χ2v) is 10.2. The first-order chi connectivity index (χ1) is 15.6. The Morgan fingerprint density at radius 3 is 2.69 bits per heavy atom. The van der Waals surface area contributed by atoms with Crippen molar-refractivity contribution in [1.29, 1.82) is 0 Å². The van der Waals surface area contributed by atoms with Gasteiger partial charge in [-0.1, -0.05) is 12.1 Å². The largest absolute Gasteiger partial charge is 0.478 e. The molecular formula is C23H28N4O4S. The highest BCUT2D eigenvalue weighted by Crippen LogP contribution is 2.34. The van der Waals surface area contributed by atoms with Crippen molar-refractivity contribution in [2.24, 2.45) is 0 Å². The highest BCUT2D eigenvalue weighted by Gasteiger charge is 2.30. The van der Waals surface area contributed by atoms with Crippen LogP contribution in [0.4, 0.5) is 11.8 Å². The van der Waals surface area contributed by atoms with E-state index >= 15 is 0 Å². The fraction of sp³-hybridized carbons (Fsp3) is 0.522. The van der Waals surface area contributed by atoms with E-state index in [1.54, 1.807) is 12.1 Å². The van der Waals surface area contributed by atoms with Gasteiger partial charge in [0, 0.05) is 44.5 Å². The number of rotatable bonds is 5. The minimum absolute atomic E-state index is 0.278. The third-order valence-corrected chi connectivity index (χ3v) is 8.08. The Hall–Kier alpha value is -2.52. The first-order valence-corrected chi connectivity index (χ1v) is 12.6. The predicted octanol–water partition coefficient (Wildman–Crippen LogP) is 2.81. The third-order valence-electron chi connectivity index (χ3n) is 6.62. The lowest BCUT2D eigenvalue weighted by Crippen LogP contribution is -2.35. The van der Waals surface area contributed by atoms with E-state index < -0.39 is 16.8 Å². The number of benzene rings is 1. The average Bonchev–Trinajstić information content (AvgIpc) is 3.21. The fourth-order valence-electron chi connectivity index (χ4n) is 4.80. The summed E-state index contributed by atoms with van der Waals surface area (Å²) in [7, 11) is -1.05. The summed E-state index contributed by atoms with van der Waals surface area (Å²) in [6.45, 7) is 3.08. The number of aromatic nitrogens is 2. The number of piperidine rings is 1. The number of hydrogen-bond acceptors (Lipinski definition) is 7. The number of carbonyl (C=O) groups is 1. The molecule has 5 rings (SSSR count). The number of nitrogens with zero attached hydrogens (tertiary/aromatic N) is 3. The van der Waals surface area contributed by atoms with Crippen LogP contribution in [0, 0.1) is 0 Å². The zero-order valence-corrected chi connectivity index (χ0v) is 18.8. The van der Waals surface area contributed by atoms with Crippen LogP contribution in [0.3, 0.4) is 0 Å². The molecule has 9 heteroatoms. The highest BCUT2D eigenvalue weighted by molar-refractivity contribution is 7.85. The van der Waals surface area contributed by atoms with E-state index in [1.807, 2.05) is 12.1 Å². The second kappa shape index (κ2) is 9.15. The fourth-order valence-corrected chi connectivity index (χ4v) is 6.11. The van der Waals surface area contributed by atoms with Crippen molar-refractivity contribution in [3.8, 4) is 0 Å². The summed E-state index contributed by atoms with van der Waals surface area (Å²) >= 11 is 0. The predicted molar refractivity (Wildman–Crippen MR) is 122 cm³/mol. The molecule has 32 heavy (non-hydrogen) atoms. The van der Waals surface area contributed by atoms with Gasteiger partial charge in [-0.15, -0.1) is 0 Å². The van der Waals surface area contributed by atoms with E-state index in [0.717, 1.165) is 80.4 Å². The molecule has 4 heterocycles. The van der Waals surface area contributed by atoms with Crippen molar-refractivity contribution in [2.45, 2.75) is 49.0 Å². The van der Waals surface area contributed by atoms with Gasteiger partial charge in [0.25, 0.3) is 0 Å². The molecule has 0 aliphatic carbocycles. The molecule has 170 valence electrons. The molecule has 0 bridgehead atoms. The van der Waals surface area contributed by atoms with Crippen molar-refractivity contribution in [2.75, 3.05) is 42.3 Å². The number of ether oxygens (including phenoxy) is 1. The molecule has 0 saturated carbocycles. The van der Waals surface area contributed by atoms with Crippen molar-refractivity contribution in [1.82, 2.24) is 9.97 Å². The Morgan fingerprint density at radius 2 is 1.94 bits per heavy atom. The standard InChI is InChI=1S/C23H28N4O4S/c28-22(29)17-3-1-2-16(14-17)15-4-9-27(10-5-15)23-25-19-8-13-32(30)20(19)21(26-23)24-18-6-11-31-12-7-18/h1-3,14-15,18H,4-13H2,(H,28,29)(H,24,25,26). The Balaban J connectivity index is 1.33. The van der Waals surface area contributed by atoms with Crippen LogP contribution in [0.5, 0.6) is 0 Å². The summed E-state index contributed by atoms with van der Waals surface area (Å²) in [5.41, 5.74) is 2.32. The minimum atomic E-state index is -1.05. The minimum Gasteiger partial charge on any atom is -0.478 e. The molecule has 2 N–H and O–H groups in total. The lowest BCUT2D eigenvalue weighted by atomic mass is 9.88. The molecule has 2 aromatic rings. The molecule has 3 aliphatic heterocycles. The van der Waals surface area contributed by atoms with Gasteiger partial charge in [0.2, 0.25) is 5.95 Å². The number of aryl methyl sites for hydroxylation is 1. The van der Waals surface area contributed by atoms with Gasteiger partial charge < -0.3 is 20.1 Å². The lowest BCUT2D eigenvalue weighted by Gasteiger charge is -2.33. The van der Waals surface area contributed by atoms with E-state index in [9.17, 15) is 14.1 Å². The molecule has 3 aliphatic rings. The topological polar surface area (TPSA) is 105 Å². The van der Waals surface area contributed by atoms with Gasteiger partial charge in [0.05, 0.1) is 22.1 Å². The number of carboxylic acids is 1. The number of anilines is 2. The molecule has 8 nitrogen and oxygen atoms in total. The average molecular weight is 457 g/mol. The normalized spacial score (nSPS) is 22.0. The lowest BCUT2D eigenvalue weighted by molar-refractivity contribution is 0.0696. The second-order valence-electron chi connectivity index (χ2n) is 8.67. The van der Waals surface area contributed by atoms with Gasteiger partial charge in [-0.2, -0.15) is 4.98 Å². The number of aromatic carboxylic acids is 1. The van der Waals surface area contributed by atoms with Crippen LogP contribution >= 0.6 is 0 Å². The van der Waals surface area contributed by atoms with E-state index in [4.69, 9.17) is 14.7 Å². The van der Waals surface area contributed by atoms with Crippen molar-refractivity contribution in [3.63, 3.8) is 0 Å². The first kappa shape index (κ1) is 21.3. The summed E-state index contributed by atoms with van der Waals surface area (Å²) in [4.78, 5) is 23.9. The molecule has 0 spiro atoms. The summed E-state index contributed by atoms with van der Waals surface area (Å²) in [5, 5.41) is 12.8. The Morgan fingerprint density at radius 1 is 1.16 bits per heavy atom. The van der Waals surface area contributed by atoms with Gasteiger partial charge in [0.1, 0.15) is 10.7 Å². The third kappa shape index (κ3) is 4.36. The van der Waals surface area contributed by atoms with E-state index in [1.165, 1.54) is 0 Å². The Labute approximate surface area is 189 Å². The summed E-state index contributed by atoms with van der Waals surface area (Å²) in [6, 6.07) is 7.55. The van der Waals surface area contributed by atoms with Crippen LogP contribution in [0.2, 0.25) is 0 Å². The number of carboxylic acid groups (broad SMARTS) is 1. The first-order valence-electron chi connectivity index (χ1n) is 11.3. The van der Waals surface area contributed by atoms with E-state index in [0.29, 0.717) is 23.2 Å². The van der Waals surface area contributed by atoms with Crippen LogP contribution in [-0.2, 0) is 22.0 Å². The van der Waals surface area contributed by atoms with Crippen LogP contribution in [0.1, 0.15) is 53.2 Å². The van der Waals surface area contributed by atoms with Gasteiger partial charge in [-0.05, 0) is 49.3 Å². The Kier molecular flexibility index (Phi) is 6.10. The molecule has 1 atom stereocenters. The maximum absolute atomic E-state index is 12.6. The summed E-state index contributed by atoms with van der Waals surface area (Å²) in [6.07, 6.45) is 4.39. The summed E-state index contributed by atoms with van der Waals surface area (Å²) in [5.74, 6) is 1.47. The van der Waals surface area contributed by atoms with Gasteiger partial charge in [0.15, 0.2) is 0 Å². The molecule has 2 saturated heterocycles. The molecule has 0 amide bonds. The molecule has 0 radical (unpaired) electrons. The zero-order chi connectivity index (χ0) is 22.1. The molecular weight excluding hydrogens is 428 g/mol. The van der Waals surface area contributed by atoms with Crippen LogP contribution in [0.25, 0.3) is 0 Å². The molecule has 1 aromatic carbocycles. The van der Waals surface area contributed by atoms with E-state index in [-0.39, 0.29) is 6.04 Å². The van der Waals surface area contributed by atoms with Crippen LogP contribution in [0.15, 0.2) is 29.2 Å².